The number of hydrogen-bond acceptors (Lipinski definition) is 3. The number of H-pyrrole nitrogens is 1. The number of anilines is 1. The van der Waals surface area contributed by atoms with Crippen molar-refractivity contribution in [3.8, 4) is 5.69 Å². The monoisotopic (exact) mass is 344 g/mol. The highest BCUT2D eigenvalue weighted by Gasteiger charge is 2.12. The van der Waals surface area contributed by atoms with Gasteiger partial charge in [0.25, 0.3) is 5.56 Å². The van der Waals surface area contributed by atoms with E-state index in [2.05, 4.69) is 22.3 Å². The largest absolute Gasteiger partial charge is 0.381 e. The van der Waals surface area contributed by atoms with Crippen LogP contribution in [0.3, 0.4) is 0 Å². The van der Waals surface area contributed by atoms with Crippen molar-refractivity contribution < 1.29 is 0 Å². The van der Waals surface area contributed by atoms with Gasteiger partial charge in [0.2, 0.25) is 0 Å². The van der Waals surface area contributed by atoms with Gasteiger partial charge in [0, 0.05) is 23.2 Å². The smallest absolute Gasteiger partial charge is 0.254 e. The topological polar surface area (TPSA) is 62.7 Å². The lowest BCUT2D eigenvalue weighted by molar-refractivity contribution is 0.874. The Morgan fingerprint density at radius 2 is 1.77 bits per heavy atom. The molecule has 0 aliphatic heterocycles. The number of hydrogen-bond donors (Lipinski definition) is 2. The number of pyridine rings is 1. The SMILES string of the molecule is Cc1ccc(NCc2cc3c(C)nn(-c4ccccc4)c3[nH]c2=O)cc1. The van der Waals surface area contributed by atoms with E-state index in [1.54, 1.807) is 4.68 Å². The fourth-order valence-electron chi connectivity index (χ4n) is 3.02. The van der Waals surface area contributed by atoms with Crippen molar-refractivity contribution >= 4 is 16.7 Å². The highest BCUT2D eigenvalue weighted by atomic mass is 16.1. The van der Waals surface area contributed by atoms with Crippen LogP contribution in [0.4, 0.5) is 5.69 Å². The van der Waals surface area contributed by atoms with E-state index in [1.807, 2.05) is 67.6 Å². The summed E-state index contributed by atoms with van der Waals surface area (Å²) in [5.41, 5.74) is 5.31. The minimum Gasteiger partial charge on any atom is -0.381 e. The third-order valence-electron chi connectivity index (χ3n) is 4.48. The summed E-state index contributed by atoms with van der Waals surface area (Å²) in [7, 11) is 0. The Morgan fingerprint density at radius 3 is 2.50 bits per heavy atom. The summed E-state index contributed by atoms with van der Waals surface area (Å²) in [6.45, 7) is 4.47. The van der Waals surface area contributed by atoms with Crippen LogP contribution in [0.15, 0.2) is 65.5 Å². The molecule has 5 nitrogen and oxygen atoms in total. The van der Waals surface area contributed by atoms with Crippen molar-refractivity contribution in [1.29, 1.82) is 0 Å². The van der Waals surface area contributed by atoms with E-state index in [0.29, 0.717) is 12.1 Å². The van der Waals surface area contributed by atoms with Crippen LogP contribution in [0.5, 0.6) is 0 Å². The van der Waals surface area contributed by atoms with Crippen LogP contribution in [0.2, 0.25) is 0 Å². The summed E-state index contributed by atoms with van der Waals surface area (Å²) in [6.07, 6.45) is 0. The molecule has 2 heterocycles. The molecule has 0 saturated carbocycles. The first-order valence-electron chi connectivity index (χ1n) is 8.59. The molecule has 4 rings (SSSR count). The van der Waals surface area contributed by atoms with E-state index in [-0.39, 0.29) is 5.56 Å². The molecular weight excluding hydrogens is 324 g/mol. The minimum absolute atomic E-state index is 0.103. The zero-order chi connectivity index (χ0) is 18.1. The Balaban J connectivity index is 1.70. The standard InChI is InChI=1S/C21H20N4O/c1-14-8-10-17(11-9-14)22-13-16-12-19-15(2)24-25(20(19)23-21(16)26)18-6-4-3-5-7-18/h3-12,22H,13H2,1-2H3,(H,23,26). The maximum Gasteiger partial charge on any atom is 0.254 e. The first-order valence-corrected chi connectivity index (χ1v) is 8.59. The van der Waals surface area contributed by atoms with Gasteiger partial charge in [-0.15, -0.1) is 0 Å². The molecule has 2 aromatic heterocycles. The molecule has 0 radical (unpaired) electrons. The van der Waals surface area contributed by atoms with E-state index in [1.165, 1.54) is 5.56 Å². The van der Waals surface area contributed by atoms with Crippen molar-refractivity contribution in [2.24, 2.45) is 0 Å². The predicted octanol–water partition coefficient (Wildman–Crippen LogP) is 3.94. The van der Waals surface area contributed by atoms with Crippen LogP contribution < -0.4 is 10.9 Å². The van der Waals surface area contributed by atoms with Crippen LogP contribution >= 0.6 is 0 Å². The number of nitrogens with one attached hydrogen (secondary N) is 2. The number of aromatic nitrogens is 3. The normalized spacial score (nSPS) is 11.0. The summed E-state index contributed by atoms with van der Waals surface area (Å²) < 4.78 is 1.78. The van der Waals surface area contributed by atoms with Crippen LogP contribution in [0.1, 0.15) is 16.8 Å². The van der Waals surface area contributed by atoms with Gasteiger partial charge in [-0.1, -0.05) is 35.9 Å². The van der Waals surface area contributed by atoms with Crippen LogP contribution in [0, 0.1) is 13.8 Å². The Bertz CT molecular complexity index is 1110. The molecule has 0 aliphatic carbocycles. The lowest BCUT2D eigenvalue weighted by atomic mass is 10.2. The molecule has 26 heavy (non-hydrogen) atoms. The summed E-state index contributed by atoms with van der Waals surface area (Å²) in [5.74, 6) is 0. The second-order valence-corrected chi connectivity index (χ2v) is 6.44. The highest BCUT2D eigenvalue weighted by molar-refractivity contribution is 5.80. The van der Waals surface area contributed by atoms with E-state index < -0.39 is 0 Å². The third kappa shape index (κ3) is 2.99. The Hall–Kier alpha value is -3.34. The Kier molecular flexibility index (Phi) is 4.05. The van der Waals surface area contributed by atoms with E-state index in [9.17, 15) is 4.79 Å². The molecule has 0 spiro atoms. The quantitative estimate of drug-likeness (QED) is 0.589. The van der Waals surface area contributed by atoms with Gasteiger partial charge in [0.05, 0.1) is 11.4 Å². The van der Waals surface area contributed by atoms with E-state index >= 15 is 0 Å². The van der Waals surface area contributed by atoms with Gasteiger partial charge in [-0.3, -0.25) is 4.79 Å². The molecule has 0 saturated heterocycles. The van der Waals surface area contributed by atoms with E-state index in [4.69, 9.17) is 0 Å². The average Bonchev–Trinajstić information content (AvgIpc) is 2.97. The van der Waals surface area contributed by atoms with Gasteiger partial charge < -0.3 is 10.3 Å². The van der Waals surface area contributed by atoms with Gasteiger partial charge in [-0.05, 0) is 44.2 Å². The molecule has 130 valence electrons. The highest BCUT2D eigenvalue weighted by Crippen LogP contribution is 2.20. The van der Waals surface area contributed by atoms with Crippen molar-refractivity contribution in [3.63, 3.8) is 0 Å². The number of rotatable bonds is 4. The van der Waals surface area contributed by atoms with Crippen molar-refractivity contribution in [3.05, 3.63) is 87.8 Å². The molecule has 0 atom stereocenters. The molecule has 0 unspecified atom stereocenters. The molecule has 0 amide bonds. The minimum atomic E-state index is -0.103. The lowest BCUT2D eigenvalue weighted by Gasteiger charge is -2.07. The third-order valence-corrected chi connectivity index (χ3v) is 4.48. The van der Waals surface area contributed by atoms with Gasteiger partial charge >= 0.3 is 0 Å². The molecule has 0 bridgehead atoms. The summed E-state index contributed by atoms with van der Waals surface area (Å²) in [5, 5.41) is 8.85. The molecule has 5 heteroatoms. The molecule has 0 aliphatic rings. The molecular formula is C21H20N4O. The van der Waals surface area contributed by atoms with Crippen LogP contribution in [0.25, 0.3) is 16.7 Å². The van der Waals surface area contributed by atoms with Crippen molar-refractivity contribution in [1.82, 2.24) is 14.8 Å². The average molecular weight is 344 g/mol. The van der Waals surface area contributed by atoms with Gasteiger partial charge in [-0.25, -0.2) is 4.68 Å². The Morgan fingerprint density at radius 1 is 1.04 bits per heavy atom. The molecule has 4 aromatic rings. The van der Waals surface area contributed by atoms with Crippen molar-refractivity contribution in [2.75, 3.05) is 5.32 Å². The maximum absolute atomic E-state index is 12.6. The van der Waals surface area contributed by atoms with Crippen LogP contribution in [-0.4, -0.2) is 14.8 Å². The molecule has 0 fully saturated rings. The predicted molar refractivity (Wildman–Crippen MR) is 105 cm³/mol. The van der Waals surface area contributed by atoms with Gasteiger partial charge in [0.1, 0.15) is 5.65 Å². The number of para-hydroxylation sites is 1. The molecule has 2 aromatic carbocycles. The zero-order valence-electron chi connectivity index (χ0n) is 14.8. The number of fused-ring (bicyclic) bond motifs is 1. The summed E-state index contributed by atoms with van der Waals surface area (Å²) in [4.78, 5) is 15.6. The maximum atomic E-state index is 12.6. The second-order valence-electron chi connectivity index (χ2n) is 6.44. The number of aromatic amines is 1. The number of benzene rings is 2. The van der Waals surface area contributed by atoms with Crippen LogP contribution in [-0.2, 0) is 6.54 Å². The number of aryl methyl sites for hydroxylation is 2. The van der Waals surface area contributed by atoms with Gasteiger partial charge in [-0.2, -0.15) is 5.10 Å². The summed E-state index contributed by atoms with van der Waals surface area (Å²) in [6, 6.07) is 19.9. The van der Waals surface area contributed by atoms with Crippen molar-refractivity contribution in [2.45, 2.75) is 20.4 Å². The Labute approximate surface area is 151 Å². The fraction of sp³-hybridized carbons (Fsp3) is 0.143. The fourth-order valence-corrected chi connectivity index (χ4v) is 3.02. The molecule has 2 N–H and O–H groups in total. The second kappa shape index (κ2) is 6.52. The van der Waals surface area contributed by atoms with E-state index in [0.717, 1.165) is 28.1 Å². The first kappa shape index (κ1) is 16.1. The zero-order valence-corrected chi connectivity index (χ0v) is 14.8. The lowest BCUT2D eigenvalue weighted by Crippen LogP contribution is -2.16. The summed E-state index contributed by atoms with van der Waals surface area (Å²) >= 11 is 0. The van der Waals surface area contributed by atoms with Gasteiger partial charge in [0.15, 0.2) is 0 Å². The first-order chi connectivity index (χ1) is 12.6. The number of nitrogens with zero attached hydrogens (tertiary/aromatic N) is 2.